The fraction of sp³-hybridized carbons (Fsp3) is 0.333. The van der Waals surface area contributed by atoms with Gasteiger partial charge in [0.05, 0.1) is 17.6 Å². The van der Waals surface area contributed by atoms with Crippen LogP contribution in [0.1, 0.15) is 23.2 Å². The minimum atomic E-state index is -0.257. The average Bonchev–Trinajstić information content (AvgIpc) is 2.68. The molecule has 0 spiro atoms. The highest BCUT2D eigenvalue weighted by Gasteiger charge is 2.25. The summed E-state index contributed by atoms with van der Waals surface area (Å²) in [5, 5.41) is 2.67. The lowest BCUT2D eigenvalue weighted by atomic mass is 10.1. The van der Waals surface area contributed by atoms with E-state index >= 15 is 0 Å². The van der Waals surface area contributed by atoms with Crippen molar-refractivity contribution in [3.05, 3.63) is 52.8 Å². The molecular formula is C18H19BrN4O3. The van der Waals surface area contributed by atoms with Gasteiger partial charge in [-0.25, -0.2) is 9.97 Å². The lowest BCUT2D eigenvalue weighted by molar-refractivity contribution is -0.132. The van der Waals surface area contributed by atoms with Crippen molar-refractivity contribution in [2.45, 2.75) is 18.9 Å². The van der Waals surface area contributed by atoms with Crippen LogP contribution in [0.25, 0.3) is 0 Å². The van der Waals surface area contributed by atoms with Gasteiger partial charge in [-0.3, -0.25) is 9.59 Å². The van der Waals surface area contributed by atoms with Crippen LogP contribution < -0.4 is 10.1 Å². The predicted molar refractivity (Wildman–Crippen MR) is 98.7 cm³/mol. The second kappa shape index (κ2) is 8.75. The third kappa shape index (κ3) is 5.01. The van der Waals surface area contributed by atoms with Gasteiger partial charge in [0.1, 0.15) is 6.10 Å². The number of rotatable bonds is 5. The molecule has 1 N–H and O–H groups in total. The maximum atomic E-state index is 12.4. The monoisotopic (exact) mass is 418 g/mol. The van der Waals surface area contributed by atoms with E-state index in [2.05, 4.69) is 31.2 Å². The summed E-state index contributed by atoms with van der Waals surface area (Å²) in [5.41, 5.74) is 0.535. The van der Waals surface area contributed by atoms with Crippen LogP contribution in [-0.4, -0.2) is 52.4 Å². The summed E-state index contributed by atoms with van der Waals surface area (Å²) in [6.07, 6.45) is 4.75. The molecule has 3 rings (SSSR count). The van der Waals surface area contributed by atoms with Crippen molar-refractivity contribution in [3.63, 3.8) is 0 Å². The van der Waals surface area contributed by atoms with Crippen molar-refractivity contribution in [2.75, 3.05) is 19.6 Å². The molecule has 136 valence electrons. The molecule has 0 bridgehead atoms. The molecule has 1 aliphatic heterocycles. The number of aromatic nitrogens is 2. The predicted octanol–water partition coefficient (Wildman–Crippen LogP) is 2.04. The van der Waals surface area contributed by atoms with Crippen molar-refractivity contribution in [1.82, 2.24) is 20.2 Å². The van der Waals surface area contributed by atoms with Crippen LogP contribution in [-0.2, 0) is 4.79 Å². The summed E-state index contributed by atoms with van der Waals surface area (Å²) in [6.45, 7) is 1.08. The van der Waals surface area contributed by atoms with Crippen LogP contribution in [0.4, 0.5) is 0 Å². The summed E-state index contributed by atoms with van der Waals surface area (Å²) >= 11 is 3.28. The fourth-order valence-electron chi connectivity index (χ4n) is 2.73. The molecule has 1 aliphatic rings. The number of halogens is 1. The number of carbonyl (C=O) groups excluding carboxylic acids is 2. The Bertz CT molecular complexity index is 755. The normalized spacial score (nSPS) is 16.8. The van der Waals surface area contributed by atoms with Crippen LogP contribution in [0.5, 0.6) is 6.01 Å². The molecule has 0 radical (unpaired) electrons. The van der Waals surface area contributed by atoms with E-state index in [-0.39, 0.29) is 24.5 Å². The number of ether oxygens (including phenoxy) is 1. The Morgan fingerprint density at radius 3 is 2.69 bits per heavy atom. The Labute approximate surface area is 159 Å². The lowest BCUT2D eigenvalue weighted by Gasteiger charge is -2.32. The molecule has 1 aromatic heterocycles. The summed E-state index contributed by atoms with van der Waals surface area (Å²) < 4.78 is 6.54. The second-order valence-electron chi connectivity index (χ2n) is 5.95. The molecule has 7 nitrogen and oxygen atoms in total. The molecule has 1 fully saturated rings. The first-order valence-corrected chi connectivity index (χ1v) is 9.16. The van der Waals surface area contributed by atoms with E-state index in [9.17, 15) is 9.59 Å². The van der Waals surface area contributed by atoms with Gasteiger partial charge in [-0.2, -0.15) is 0 Å². The van der Waals surface area contributed by atoms with Crippen LogP contribution in [0.15, 0.2) is 47.2 Å². The molecule has 1 atom stereocenters. The zero-order valence-corrected chi connectivity index (χ0v) is 15.7. The van der Waals surface area contributed by atoms with E-state index in [1.165, 1.54) is 0 Å². The van der Waals surface area contributed by atoms with Gasteiger partial charge in [-0.1, -0.05) is 18.2 Å². The van der Waals surface area contributed by atoms with Crippen molar-refractivity contribution < 1.29 is 14.3 Å². The molecular weight excluding hydrogens is 400 g/mol. The number of hydrogen-bond acceptors (Lipinski definition) is 5. The number of nitrogens with zero attached hydrogens (tertiary/aromatic N) is 3. The zero-order chi connectivity index (χ0) is 18.4. The first-order chi connectivity index (χ1) is 12.6. The van der Waals surface area contributed by atoms with Gasteiger partial charge >= 0.3 is 6.01 Å². The van der Waals surface area contributed by atoms with Crippen LogP contribution in [0, 0.1) is 0 Å². The molecule has 8 heteroatoms. The maximum absolute atomic E-state index is 12.4. The number of benzene rings is 1. The number of hydrogen-bond donors (Lipinski definition) is 1. The largest absolute Gasteiger partial charge is 0.458 e. The minimum absolute atomic E-state index is 0.0325. The molecule has 26 heavy (non-hydrogen) atoms. The maximum Gasteiger partial charge on any atom is 0.316 e. The Kier molecular flexibility index (Phi) is 6.17. The molecule has 2 heterocycles. The third-order valence-corrected chi connectivity index (χ3v) is 4.45. The van der Waals surface area contributed by atoms with Gasteiger partial charge < -0.3 is 15.0 Å². The van der Waals surface area contributed by atoms with Crippen LogP contribution >= 0.6 is 15.9 Å². The van der Waals surface area contributed by atoms with E-state index in [1.54, 1.807) is 41.6 Å². The van der Waals surface area contributed by atoms with Gasteiger partial charge in [0.2, 0.25) is 5.91 Å². The topological polar surface area (TPSA) is 84.4 Å². The van der Waals surface area contributed by atoms with Gasteiger partial charge in [0, 0.05) is 24.5 Å². The van der Waals surface area contributed by atoms with E-state index in [0.717, 1.165) is 17.3 Å². The summed E-state index contributed by atoms with van der Waals surface area (Å²) in [6, 6.07) is 9.13. The van der Waals surface area contributed by atoms with E-state index < -0.39 is 0 Å². The summed E-state index contributed by atoms with van der Waals surface area (Å²) in [4.78, 5) is 34.3. The number of carbonyl (C=O) groups is 2. The molecule has 0 aliphatic carbocycles. The Hall–Kier alpha value is -2.48. The minimum Gasteiger partial charge on any atom is -0.458 e. The first-order valence-electron chi connectivity index (χ1n) is 8.37. The molecule has 1 unspecified atom stereocenters. The smallest absolute Gasteiger partial charge is 0.316 e. The second-order valence-corrected chi connectivity index (χ2v) is 6.87. The highest BCUT2D eigenvalue weighted by molar-refractivity contribution is 9.10. The lowest BCUT2D eigenvalue weighted by Crippen LogP contribution is -2.48. The zero-order valence-electron chi connectivity index (χ0n) is 14.1. The third-order valence-electron chi connectivity index (χ3n) is 4.04. The number of likely N-dealkylation sites (tertiary alicyclic amines) is 1. The summed E-state index contributed by atoms with van der Waals surface area (Å²) in [5.74, 6) is -0.383. The van der Waals surface area contributed by atoms with E-state index in [1.807, 2.05) is 6.07 Å². The van der Waals surface area contributed by atoms with Gasteiger partial charge in [0.25, 0.3) is 5.91 Å². The van der Waals surface area contributed by atoms with E-state index in [4.69, 9.17) is 4.74 Å². The van der Waals surface area contributed by atoms with Crippen molar-refractivity contribution in [2.24, 2.45) is 0 Å². The molecule has 1 aromatic carbocycles. The van der Waals surface area contributed by atoms with Gasteiger partial charge in [-0.05, 0) is 40.9 Å². The fourth-order valence-corrected chi connectivity index (χ4v) is 2.94. The highest BCUT2D eigenvalue weighted by Crippen LogP contribution is 2.16. The van der Waals surface area contributed by atoms with Gasteiger partial charge in [0.15, 0.2) is 0 Å². The van der Waals surface area contributed by atoms with Crippen LogP contribution in [0.2, 0.25) is 0 Å². The Morgan fingerprint density at radius 2 is 1.96 bits per heavy atom. The van der Waals surface area contributed by atoms with E-state index in [0.29, 0.717) is 24.7 Å². The highest BCUT2D eigenvalue weighted by atomic mass is 79.9. The van der Waals surface area contributed by atoms with Crippen molar-refractivity contribution in [1.29, 1.82) is 0 Å². The number of amides is 2. The van der Waals surface area contributed by atoms with Crippen molar-refractivity contribution >= 4 is 27.7 Å². The summed E-state index contributed by atoms with van der Waals surface area (Å²) in [7, 11) is 0. The van der Waals surface area contributed by atoms with Crippen molar-refractivity contribution in [3.8, 4) is 6.01 Å². The SMILES string of the molecule is O=C(NCC(=O)N1CCCC(Oc2ncc(Br)cn2)C1)c1ccccc1. The first kappa shape index (κ1) is 18.3. The molecule has 1 saturated heterocycles. The Morgan fingerprint density at radius 1 is 1.23 bits per heavy atom. The average molecular weight is 419 g/mol. The number of nitrogens with one attached hydrogen (secondary N) is 1. The van der Waals surface area contributed by atoms with Crippen LogP contribution in [0.3, 0.4) is 0 Å². The Balaban J connectivity index is 1.49. The quantitative estimate of drug-likeness (QED) is 0.802. The molecule has 0 saturated carbocycles. The standard InChI is InChI=1S/C18H19BrN4O3/c19-14-9-21-18(22-10-14)26-15-7-4-8-23(12-15)16(24)11-20-17(25)13-5-2-1-3-6-13/h1-3,5-6,9-10,15H,4,7-8,11-12H2,(H,20,25). The van der Waals surface area contributed by atoms with Gasteiger partial charge in [-0.15, -0.1) is 0 Å². The molecule has 2 amide bonds. The molecule has 2 aromatic rings. The number of piperidine rings is 1.